The van der Waals surface area contributed by atoms with Crippen LogP contribution < -0.4 is 15.2 Å². The van der Waals surface area contributed by atoms with Gasteiger partial charge < -0.3 is 15.2 Å². The maximum absolute atomic E-state index is 5.97. The number of nitrogens with two attached hydrogens (primary N) is 1. The number of fused-ring (bicyclic) bond motifs is 2. The highest BCUT2D eigenvalue weighted by atomic mass is 16.5. The molecule has 1 aliphatic heterocycles. The first-order chi connectivity index (χ1) is 11.7. The minimum Gasteiger partial charge on any atom is -0.493 e. The zero-order valence-electron chi connectivity index (χ0n) is 13.5. The van der Waals surface area contributed by atoms with E-state index in [4.69, 9.17) is 15.2 Å². The summed E-state index contributed by atoms with van der Waals surface area (Å²) in [6.07, 6.45) is 3.41. The maximum atomic E-state index is 5.97. The number of ether oxygens (including phenoxy) is 2. The Hall–Kier alpha value is -2.82. The number of anilines is 1. The number of aromatic nitrogens is 2. The third-order valence-corrected chi connectivity index (χ3v) is 4.51. The number of para-hydroxylation sites is 1. The van der Waals surface area contributed by atoms with Crippen molar-refractivity contribution in [3.05, 3.63) is 53.9 Å². The number of methoxy groups -OCH3 is 1. The summed E-state index contributed by atoms with van der Waals surface area (Å²) in [7, 11) is 1.67. The lowest BCUT2D eigenvalue weighted by Crippen LogP contribution is -2.23. The van der Waals surface area contributed by atoms with Gasteiger partial charge in [-0.15, -0.1) is 0 Å². The molecule has 0 amide bonds. The van der Waals surface area contributed by atoms with Gasteiger partial charge in [-0.05, 0) is 42.2 Å². The zero-order chi connectivity index (χ0) is 16.5. The fraction of sp³-hybridized carbons (Fsp3) is 0.263. The summed E-state index contributed by atoms with van der Waals surface area (Å²) in [4.78, 5) is 8.32. The molecule has 5 nitrogen and oxygen atoms in total. The molecule has 1 atom stereocenters. The molecule has 4 rings (SSSR count). The number of benzene rings is 2. The second-order valence-electron chi connectivity index (χ2n) is 6.14. The molecule has 1 aromatic heterocycles. The van der Waals surface area contributed by atoms with Crippen LogP contribution in [0.2, 0.25) is 0 Å². The molecule has 1 aliphatic rings. The van der Waals surface area contributed by atoms with Gasteiger partial charge in [-0.25, -0.2) is 9.97 Å². The van der Waals surface area contributed by atoms with Crippen LogP contribution in [0.3, 0.4) is 0 Å². The second kappa shape index (κ2) is 6.00. The van der Waals surface area contributed by atoms with Gasteiger partial charge in [-0.2, -0.15) is 0 Å². The van der Waals surface area contributed by atoms with Gasteiger partial charge in [0.05, 0.1) is 19.2 Å². The van der Waals surface area contributed by atoms with Crippen molar-refractivity contribution in [3.8, 4) is 11.5 Å². The standard InChI is InChI=1S/C19H19N3O2/c1-23-17-4-2-3-14-8-13(10-24-18(14)17)7-12-5-6-16-15(9-12)19(20)22-11-21-16/h2-6,9,11,13H,7-8,10H2,1H3,(H2,20,21,22). The molecule has 0 fully saturated rings. The molecular formula is C19H19N3O2. The largest absolute Gasteiger partial charge is 0.493 e. The van der Waals surface area contributed by atoms with E-state index < -0.39 is 0 Å². The first-order valence-electron chi connectivity index (χ1n) is 8.02. The van der Waals surface area contributed by atoms with Crippen LogP contribution in [-0.2, 0) is 12.8 Å². The van der Waals surface area contributed by atoms with Crippen molar-refractivity contribution in [1.82, 2.24) is 9.97 Å². The Balaban J connectivity index is 1.57. The lowest BCUT2D eigenvalue weighted by atomic mass is 9.90. The van der Waals surface area contributed by atoms with E-state index >= 15 is 0 Å². The van der Waals surface area contributed by atoms with Crippen LogP contribution in [-0.4, -0.2) is 23.7 Å². The van der Waals surface area contributed by atoms with E-state index in [0.29, 0.717) is 18.3 Å². The van der Waals surface area contributed by atoms with Gasteiger partial charge in [0.15, 0.2) is 11.5 Å². The molecule has 0 spiro atoms. The highest BCUT2D eigenvalue weighted by Gasteiger charge is 2.23. The number of nitrogens with zero attached hydrogens (tertiary/aromatic N) is 2. The van der Waals surface area contributed by atoms with Gasteiger partial charge in [0.1, 0.15) is 12.1 Å². The summed E-state index contributed by atoms with van der Waals surface area (Å²) in [5.41, 5.74) is 9.27. The van der Waals surface area contributed by atoms with E-state index in [1.54, 1.807) is 7.11 Å². The lowest BCUT2D eigenvalue weighted by Gasteiger charge is -2.26. The van der Waals surface area contributed by atoms with Crippen molar-refractivity contribution >= 4 is 16.7 Å². The lowest BCUT2D eigenvalue weighted by molar-refractivity contribution is 0.211. The highest BCUT2D eigenvalue weighted by molar-refractivity contribution is 5.88. The van der Waals surface area contributed by atoms with E-state index in [9.17, 15) is 0 Å². The first-order valence-corrected chi connectivity index (χ1v) is 8.02. The van der Waals surface area contributed by atoms with E-state index in [-0.39, 0.29) is 0 Å². The average molecular weight is 321 g/mol. The summed E-state index contributed by atoms with van der Waals surface area (Å²) in [5.74, 6) is 2.64. The van der Waals surface area contributed by atoms with Crippen LogP contribution in [0.1, 0.15) is 11.1 Å². The monoisotopic (exact) mass is 321 g/mol. The van der Waals surface area contributed by atoms with Crippen molar-refractivity contribution in [2.75, 3.05) is 19.5 Å². The van der Waals surface area contributed by atoms with Gasteiger partial charge in [-0.1, -0.05) is 18.2 Å². The quantitative estimate of drug-likeness (QED) is 0.803. The van der Waals surface area contributed by atoms with Crippen LogP contribution >= 0.6 is 0 Å². The van der Waals surface area contributed by atoms with Crippen LogP contribution in [0.15, 0.2) is 42.7 Å². The molecule has 3 aromatic rings. The van der Waals surface area contributed by atoms with Crippen LogP contribution in [0.25, 0.3) is 10.9 Å². The molecular weight excluding hydrogens is 302 g/mol. The summed E-state index contributed by atoms with van der Waals surface area (Å²) in [6, 6.07) is 12.3. The number of rotatable bonds is 3. The Morgan fingerprint density at radius 1 is 1.25 bits per heavy atom. The molecule has 0 aliphatic carbocycles. The first kappa shape index (κ1) is 14.8. The third-order valence-electron chi connectivity index (χ3n) is 4.51. The normalized spacial score (nSPS) is 16.5. The number of hydrogen-bond donors (Lipinski definition) is 1. The van der Waals surface area contributed by atoms with Gasteiger partial charge in [0.25, 0.3) is 0 Å². The molecule has 0 saturated heterocycles. The molecule has 122 valence electrons. The van der Waals surface area contributed by atoms with Crippen LogP contribution in [0, 0.1) is 5.92 Å². The Labute approximate surface area is 140 Å². The van der Waals surface area contributed by atoms with Crippen molar-refractivity contribution in [2.45, 2.75) is 12.8 Å². The van der Waals surface area contributed by atoms with Gasteiger partial charge in [-0.3, -0.25) is 0 Å². The molecule has 0 radical (unpaired) electrons. The maximum Gasteiger partial charge on any atom is 0.164 e. The molecule has 2 aromatic carbocycles. The number of nitrogen functional groups attached to an aromatic ring is 1. The minimum absolute atomic E-state index is 0.424. The molecule has 0 bridgehead atoms. The SMILES string of the molecule is COc1cccc2c1OCC(Cc1ccc3ncnc(N)c3c1)C2. The fourth-order valence-corrected chi connectivity index (χ4v) is 3.33. The van der Waals surface area contributed by atoms with E-state index in [0.717, 1.165) is 35.2 Å². The Morgan fingerprint density at radius 3 is 3.04 bits per heavy atom. The Bertz CT molecular complexity index is 895. The van der Waals surface area contributed by atoms with Crippen molar-refractivity contribution in [3.63, 3.8) is 0 Å². The van der Waals surface area contributed by atoms with Gasteiger partial charge in [0.2, 0.25) is 0 Å². The summed E-state index contributed by atoms with van der Waals surface area (Å²) >= 11 is 0. The van der Waals surface area contributed by atoms with E-state index in [2.05, 4.69) is 28.2 Å². The van der Waals surface area contributed by atoms with Crippen molar-refractivity contribution in [1.29, 1.82) is 0 Å². The van der Waals surface area contributed by atoms with Gasteiger partial charge in [0, 0.05) is 11.3 Å². The highest BCUT2D eigenvalue weighted by Crippen LogP contribution is 2.36. The second-order valence-corrected chi connectivity index (χ2v) is 6.14. The van der Waals surface area contributed by atoms with Crippen LogP contribution in [0.5, 0.6) is 11.5 Å². The molecule has 2 N–H and O–H groups in total. The van der Waals surface area contributed by atoms with Crippen molar-refractivity contribution in [2.24, 2.45) is 5.92 Å². The fourth-order valence-electron chi connectivity index (χ4n) is 3.33. The Kier molecular flexibility index (Phi) is 3.69. The summed E-state index contributed by atoms with van der Waals surface area (Å²) in [5, 5.41) is 0.911. The summed E-state index contributed by atoms with van der Waals surface area (Å²) in [6.45, 7) is 0.687. The molecule has 2 heterocycles. The number of hydrogen-bond acceptors (Lipinski definition) is 5. The predicted octanol–water partition coefficient (Wildman–Crippen LogP) is 3.01. The molecule has 5 heteroatoms. The molecule has 24 heavy (non-hydrogen) atoms. The average Bonchev–Trinajstić information content (AvgIpc) is 2.62. The van der Waals surface area contributed by atoms with E-state index in [1.165, 1.54) is 17.5 Å². The smallest absolute Gasteiger partial charge is 0.164 e. The third kappa shape index (κ3) is 2.62. The Morgan fingerprint density at radius 2 is 2.17 bits per heavy atom. The van der Waals surface area contributed by atoms with E-state index in [1.807, 2.05) is 18.2 Å². The molecule has 1 unspecified atom stereocenters. The van der Waals surface area contributed by atoms with Gasteiger partial charge >= 0.3 is 0 Å². The zero-order valence-corrected chi connectivity index (χ0v) is 13.5. The predicted molar refractivity (Wildman–Crippen MR) is 93.3 cm³/mol. The topological polar surface area (TPSA) is 70.3 Å². The summed E-state index contributed by atoms with van der Waals surface area (Å²) < 4.78 is 11.3. The van der Waals surface area contributed by atoms with Crippen molar-refractivity contribution < 1.29 is 9.47 Å². The van der Waals surface area contributed by atoms with Crippen LogP contribution in [0.4, 0.5) is 5.82 Å². The minimum atomic E-state index is 0.424. The molecule has 0 saturated carbocycles.